The smallest absolute Gasteiger partial charge is 0.416 e. The van der Waals surface area contributed by atoms with Gasteiger partial charge in [0.15, 0.2) is 5.89 Å². The van der Waals surface area contributed by atoms with E-state index in [4.69, 9.17) is 4.42 Å². The average molecular weight is 458 g/mol. The molecule has 0 atom stereocenters. The van der Waals surface area contributed by atoms with Gasteiger partial charge in [-0.3, -0.25) is 4.79 Å². The van der Waals surface area contributed by atoms with Gasteiger partial charge in [-0.2, -0.15) is 13.2 Å². The lowest BCUT2D eigenvalue weighted by Crippen LogP contribution is -2.51. The number of oxazole rings is 1. The number of aryl methyl sites for hydroxylation is 1. The topological polar surface area (TPSA) is 52.8 Å². The van der Waals surface area contributed by atoms with Crippen LogP contribution in [0.5, 0.6) is 0 Å². The maximum absolute atomic E-state index is 13.0. The van der Waals surface area contributed by atoms with Crippen LogP contribution in [-0.2, 0) is 11.0 Å². The zero-order valence-electron chi connectivity index (χ0n) is 18.5. The number of aromatic nitrogens is 1. The molecule has 0 bridgehead atoms. The van der Waals surface area contributed by atoms with Gasteiger partial charge in [-0.1, -0.05) is 36.4 Å². The molecule has 1 aliphatic rings. The van der Waals surface area contributed by atoms with Gasteiger partial charge in [0, 0.05) is 51.4 Å². The average Bonchev–Trinajstić information content (AvgIpc) is 3.21. The Hall–Kier alpha value is -3.49. The molecule has 0 spiro atoms. The first-order valence-electron chi connectivity index (χ1n) is 10.7. The van der Waals surface area contributed by atoms with Gasteiger partial charge in [0.25, 0.3) is 0 Å². The third-order valence-electron chi connectivity index (χ3n) is 5.65. The van der Waals surface area contributed by atoms with Crippen LogP contribution in [0.3, 0.4) is 0 Å². The molecule has 1 saturated heterocycles. The number of carbonyl (C=O) groups is 1. The van der Waals surface area contributed by atoms with Crippen molar-refractivity contribution in [2.24, 2.45) is 0 Å². The highest BCUT2D eigenvalue weighted by Crippen LogP contribution is 2.32. The van der Waals surface area contributed by atoms with Crippen LogP contribution in [-0.4, -0.2) is 55.6 Å². The molecule has 4 rings (SSSR count). The monoisotopic (exact) mass is 458 g/mol. The Morgan fingerprint density at radius 2 is 1.76 bits per heavy atom. The SMILES string of the molecule is Cc1nc(-c2ccccc2)c(N(C)CC(=O)N2CCN(c3cccc(C(F)(F)F)c3)CC2)o1. The van der Waals surface area contributed by atoms with Crippen LogP contribution in [0.15, 0.2) is 59.0 Å². The predicted molar refractivity (Wildman–Crippen MR) is 120 cm³/mol. The third-order valence-corrected chi connectivity index (χ3v) is 5.65. The van der Waals surface area contributed by atoms with Crippen LogP contribution in [0.1, 0.15) is 11.5 Å². The molecule has 33 heavy (non-hydrogen) atoms. The molecule has 9 heteroatoms. The van der Waals surface area contributed by atoms with E-state index in [1.165, 1.54) is 6.07 Å². The molecular formula is C24H25F3N4O2. The normalized spacial score (nSPS) is 14.5. The summed E-state index contributed by atoms with van der Waals surface area (Å²) in [6.45, 7) is 3.67. The number of likely N-dealkylation sites (N-methyl/N-ethyl adjacent to an activating group) is 1. The summed E-state index contributed by atoms with van der Waals surface area (Å²) >= 11 is 0. The maximum Gasteiger partial charge on any atom is 0.416 e. The Balaban J connectivity index is 1.39. The number of benzene rings is 2. The molecule has 0 aliphatic carbocycles. The minimum absolute atomic E-state index is 0.0748. The van der Waals surface area contributed by atoms with E-state index in [9.17, 15) is 18.0 Å². The van der Waals surface area contributed by atoms with Crippen molar-refractivity contribution in [3.05, 3.63) is 66.1 Å². The zero-order valence-corrected chi connectivity index (χ0v) is 18.5. The van der Waals surface area contributed by atoms with Gasteiger partial charge in [-0.05, 0) is 18.2 Å². The molecule has 1 aromatic heterocycles. The van der Waals surface area contributed by atoms with Gasteiger partial charge in [-0.15, -0.1) is 0 Å². The number of anilines is 2. The first-order valence-corrected chi connectivity index (χ1v) is 10.7. The van der Waals surface area contributed by atoms with Crippen LogP contribution >= 0.6 is 0 Å². The molecular weight excluding hydrogens is 433 g/mol. The minimum atomic E-state index is -4.38. The van der Waals surface area contributed by atoms with Gasteiger partial charge < -0.3 is 19.1 Å². The van der Waals surface area contributed by atoms with E-state index < -0.39 is 11.7 Å². The number of piperazine rings is 1. The Kier molecular flexibility index (Phi) is 6.31. The van der Waals surface area contributed by atoms with E-state index in [-0.39, 0.29) is 12.5 Å². The Labute approximate surface area is 190 Å². The van der Waals surface area contributed by atoms with Gasteiger partial charge >= 0.3 is 6.18 Å². The Bertz CT molecular complexity index is 1110. The fourth-order valence-corrected chi connectivity index (χ4v) is 3.93. The predicted octanol–water partition coefficient (Wildman–Crippen LogP) is 4.45. The van der Waals surface area contributed by atoms with Crippen LogP contribution in [0.4, 0.5) is 24.7 Å². The Morgan fingerprint density at radius 1 is 1.06 bits per heavy atom. The lowest BCUT2D eigenvalue weighted by atomic mass is 10.1. The van der Waals surface area contributed by atoms with E-state index in [1.807, 2.05) is 35.2 Å². The quantitative estimate of drug-likeness (QED) is 0.565. The number of hydrogen-bond donors (Lipinski definition) is 0. The number of nitrogens with zero attached hydrogens (tertiary/aromatic N) is 4. The summed E-state index contributed by atoms with van der Waals surface area (Å²) in [5.41, 5.74) is 1.42. The molecule has 1 fully saturated rings. The molecule has 2 heterocycles. The zero-order chi connectivity index (χ0) is 23.6. The van der Waals surface area contributed by atoms with Crippen LogP contribution < -0.4 is 9.80 Å². The Morgan fingerprint density at radius 3 is 2.42 bits per heavy atom. The summed E-state index contributed by atoms with van der Waals surface area (Å²) in [4.78, 5) is 22.7. The summed E-state index contributed by atoms with van der Waals surface area (Å²) < 4.78 is 44.8. The molecule has 0 unspecified atom stereocenters. The molecule has 6 nitrogen and oxygen atoms in total. The third kappa shape index (κ3) is 5.13. The van der Waals surface area contributed by atoms with E-state index in [2.05, 4.69) is 4.98 Å². The van der Waals surface area contributed by atoms with E-state index in [1.54, 1.807) is 29.8 Å². The highest BCUT2D eigenvalue weighted by molar-refractivity contribution is 5.83. The molecule has 3 aromatic rings. The van der Waals surface area contributed by atoms with Crippen molar-refractivity contribution in [2.45, 2.75) is 13.1 Å². The summed E-state index contributed by atoms with van der Waals surface area (Å²) in [7, 11) is 1.78. The lowest BCUT2D eigenvalue weighted by Gasteiger charge is -2.37. The summed E-state index contributed by atoms with van der Waals surface area (Å²) in [6.07, 6.45) is -4.38. The van der Waals surface area contributed by atoms with Crippen molar-refractivity contribution >= 4 is 17.5 Å². The van der Waals surface area contributed by atoms with Gasteiger partial charge in [-0.25, -0.2) is 4.98 Å². The highest BCUT2D eigenvalue weighted by Gasteiger charge is 2.31. The number of amides is 1. The van der Waals surface area contributed by atoms with Gasteiger partial charge in [0.05, 0.1) is 12.1 Å². The number of rotatable bonds is 5. The molecule has 0 radical (unpaired) electrons. The minimum Gasteiger partial charge on any atom is -0.425 e. The second-order valence-corrected chi connectivity index (χ2v) is 8.02. The molecule has 2 aromatic carbocycles. The van der Waals surface area contributed by atoms with Crippen LogP contribution in [0.2, 0.25) is 0 Å². The highest BCUT2D eigenvalue weighted by atomic mass is 19.4. The second kappa shape index (κ2) is 9.17. The van der Waals surface area contributed by atoms with Crippen molar-refractivity contribution < 1.29 is 22.4 Å². The number of alkyl halides is 3. The van der Waals surface area contributed by atoms with Crippen molar-refractivity contribution in [1.82, 2.24) is 9.88 Å². The van der Waals surface area contributed by atoms with Crippen molar-refractivity contribution in [1.29, 1.82) is 0 Å². The summed E-state index contributed by atoms with van der Waals surface area (Å²) in [5, 5.41) is 0. The van der Waals surface area contributed by atoms with E-state index in [0.717, 1.165) is 17.7 Å². The second-order valence-electron chi connectivity index (χ2n) is 8.02. The first kappa shape index (κ1) is 22.7. The first-order chi connectivity index (χ1) is 15.7. The fourth-order valence-electron chi connectivity index (χ4n) is 3.93. The molecule has 0 N–H and O–H groups in total. The number of hydrogen-bond acceptors (Lipinski definition) is 5. The van der Waals surface area contributed by atoms with Crippen LogP contribution in [0, 0.1) is 6.92 Å². The molecule has 0 saturated carbocycles. The van der Waals surface area contributed by atoms with Crippen molar-refractivity contribution in [2.75, 3.05) is 49.6 Å². The van der Waals surface area contributed by atoms with E-state index in [0.29, 0.717) is 49.3 Å². The van der Waals surface area contributed by atoms with Crippen LogP contribution in [0.25, 0.3) is 11.3 Å². The van der Waals surface area contributed by atoms with Crippen molar-refractivity contribution in [3.63, 3.8) is 0 Å². The fraction of sp³-hybridized carbons (Fsp3) is 0.333. The number of carbonyl (C=O) groups excluding carboxylic acids is 1. The van der Waals surface area contributed by atoms with Gasteiger partial charge in [0.2, 0.25) is 11.8 Å². The lowest BCUT2D eigenvalue weighted by molar-refractivity contribution is -0.137. The van der Waals surface area contributed by atoms with E-state index >= 15 is 0 Å². The van der Waals surface area contributed by atoms with Gasteiger partial charge in [0.1, 0.15) is 5.69 Å². The molecule has 1 amide bonds. The largest absolute Gasteiger partial charge is 0.425 e. The molecule has 1 aliphatic heterocycles. The summed E-state index contributed by atoms with van der Waals surface area (Å²) in [5.74, 6) is 0.960. The molecule has 174 valence electrons. The number of halogens is 3. The standard InChI is InChI=1S/C24H25F3N4O2/c1-17-28-22(18-7-4-3-5-8-18)23(33-17)29(2)16-21(32)31-13-11-30(12-14-31)20-10-6-9-19(15-20)24(25,26)27/h3-10,15H,11-14,16H2,1-2H3. The summed E-state index contributed by atoms with van der Waals surface area (Å²) in [6, 6.07) is 14.9. The maximum atomic E-state index is 13.0. The van der Waals surface area contributed by atoms with Crippen molar-refractivity contribution in [3.8, 4) is 11.3 Å².